The molecule has 1 aromatic rings. The third kappa shape index (κ3) is 2.75. The lowest BCUT2D eigenvalue weighted by Gasteiger charge is -2.44. The number of halogens is 6. The highest BCUT2D eigenvalue weighted by atomic mass is 19.4. The molecule has 2 fully saturated rings. The zero-order valence-corrected chi connectivity index (χ0v) is 12.7. The van der Waals surface area contributed by atoms with Gasteiger partial charge in [0.1, 0.15) is 17.0 Å². The predicted octanol–water partition coefficient (Wildman–Crippen LogP) is 3.39. The van der Waals surface area contributed by atoms with Gasteiger partial charge in [-0.3, -0.25) is 9.48 Å². The maximum atomic E-state index is 14.3. The number of nitrogens with two attached hydrogens (primary N) is 1. The molecule has 0 atom stereocenters. The van der Waals surface area contributed by atoms with E-state index in [-0.39, 0.29) is 19.4 Å². The molecular formula is C14H15F6N3O. The minimum atomic E-state index is -5.02. The zero-order chi connectivity index (χ0) is 18.1. The molecule has 24 heavy (non-hydrogen) atoms. The van der Waals surface area contributed by atoms with E-state index in [4.69, 9.17) is 5.73 Å². The lowest BCUT2D eigenvalue weighted by molar-refractivity contribution is -0.160. The monoisotopic (exact) mass is 355 g/mol. The van der Waals surface area contributed by atoms with Gasteiger partial charge in [-0.25, -0.2) is 13.2 Å². The Bertz CT molecular complexity index is 696. The number of hydrogen-bond donors (Lipinski definition) is 1. The molecule has 2 aliphatic carbocycles. The first kappa shape index (κ1) is 17.1. The number of amides is 1. The van der Waals surface area contributed by atoms with E-state index in [1.165, 1.54) is 6.92 Å². The van der Waals surface area contributed by atoms with Crippen molar-refractivity contribution in [3.8, 4) is 0 Å². The van der Waals surface area contributed by atoms with Crippen LogP contribution in [0.1, 0.15) is 54.4 Å². The summed E-state index contributed by atoms with van der Waals surface area (Å²) in [5, 5.41) is 3.62. The van der Waals surface area contributed by atoms with Gasteiger partial charge in [0, 0.05) is 19.4 Å². The molecule has 0 aromatic carbocycles. The summed E-state index contributed by atoms with van der Waals surface area (Å²) >= 11 is 0. The van der Waals surface area contributed by atoms with Crippen LogP contribution in [0, 0.1) is 5.41 Å². The molecule has 0 spiro atoms. The fourth-order valence-electron chi connectivity index (χ4n) is 3.43. The Morgan fingerprint density at radius 3 is 2.17 bits per heavy atom. The highest BCUT2D eigenvalue weighted by Gasteiger charge is 2.57. The Labute approximate surface area is 133 Å². The molecule has 0 saturated heterocycles. The highest BCUT2D eigenvalue weighted by molar-refractivity contribution is 5.93. The van der Waals surface area contributed by atoms with Gasteiger partial charge in [0.15, 0.2) is 5.67 Å². The van der Waals surface area contributed by atoms with Gasteiger partial charge in [-0.2, -0.15) is 18.3 Å². The van der Waals surface area contributed by atoms with Gasteiger partial charge in [-0.15, -0.1) is 0 Å². The summed E-state index contributed by atoms with van der Waals surface area (Å²) in [6, 6.07) is 0. The fraction of sp³-hybridized carbons (Fsp3) is 0.714. The number of carbonyl (C=O) groups excluding carboxylic acids is 1. The predicted molar refractivity (Wildman–Crippen MR) is 70.1 cm³/mol. The molecular weight excluding hydrogens is 340 g/mol. The van der Waals surface area contributed by atoms with Crippen molar-refractivity contribution in [2.45, 2.75) is 56.9 Å². The summed E-state index contributed by atoms with van der Waals surface area (Å²) in [6.45, 7) is 1.09. The molecule has 3 rings (SSSR count). The van der Waals surface area contributed by atoms with Crippen LogP contribution in [0.5, 0.6) is 0 Å². The van der Waals surface area contributed by atoms with E-state index in [2.05, 4.69) is 5.10 Å². The quantitative estimate of drug-likeness (QED) is 0.842. The van der Waals surface area contributed by atoms with E-state index in [9.17, 15) is 31.1 Å². The van der Waals surface area contributed by atoms with Crippen molar-refractivity contribution in [3.63, 3.8) is 0 Å². The number of primary amides is 1. The molecule has 2 saturated carbocycles. The number of hydrogen-bond acceptors (Lipinski definition) is 2. The van der Waals surface area contributed by atoms with Crippen LogP contribution in [-0.2, 0) is 18.4 Å². The van der Waals surface area contributed by atoms with Gasteiger partial charge in [-0.05, 0) is 18.3 Å². The van der Waals surface area contributed by atoms with Crippen LogP contribution in [0.4, 0.5) is 26.3 Å². The summed E-state index contributed by atoms with van der Waals surface area (Å²) in [4.78, 5) is 11.6. The summed E-state index contributed by atoms with van der Waals surface area (Å²) in [7, 11) is 0. The normalized spacial score (nSPS) is 23.6. The van der Waals surface area contributed by atoms with Crippen molar-refractivity contribution in [2.75, 3.05) is 0 Å². The van der Waals surface area contributed by atoms with Gasteiger partial charge in [-0.1, -0.05) is 6.92 Å². The SMILES string of the molecule is CC1(Cn2nc(C3(F)CC3)c(C(F)(F)F)c2C(N)=O)CC(F)(F)C1. The summed E-state index contributed by atoms with van der Waals surface area (Å²) in [5.41, 5.74) is -1.58. The van der Waals surface area contributed by atoms with Gasteiger partial charge in [0.25, 0.3) is 5.91 Å². The Hall–Kier alpha value is -1.74. The minimum absolute atomic E-state index is 0.138. The average Bonchev–Trinajstić information content (AvgIpc) is 2.95. The van der Waals surface area contributed by atoms with Crippen LogP contribution in [0.25, 0.3) is 0 Å². The fourth-order valence-corrected chi connectivity index (χ4v) is 3.43. The molecule has 0 aliphatic heterocycles. The first-order valence-electron chi connectivity index (χ1n) is 7.32. The summed E-state index contributed by atoms with van der Waals surface area (Å²) in [5.74, 6) is -4.32. The summed E-state index contributed by atoms with van der Waals surface area (Å²) < 4.78 is 81.2. The van der Waals surface area contributed by atoms with Crippen molar-refractivity contribution in [1.82, 2.24) is 9.78 Å². The van der Waals surface area contributed by atoms with E-state index < -0.39 is 58.9 Å². The first-order valence-corrected chi connectivity index (χ1v) is 7.32. The van der Waals surface area contributed by atoms with Gasteiger partial charge < -0.3 is 5.73 Å². The van der Waals surface area contributed by atoms with Crippen molar-refractivity contribution < 1.29 is 31.1 Å². The maximum Gasteiger partial charge on any atom is 0.420 e. The third-order valence-electron chi connectivity index (χ3n) is 4.48. The second-order valence-electron chi connectivity index (χ2n) is 7.08. The number of nitrogens with zero attached hydrogens (tertiary/aromatic N) is 2. The van der Waals surface area contributed by atoms with Crippen LogP contribution < -0.4 is 5.73 Å². The average molecular weight is 355 g/mol. The van der Waals surface area contributed by atoms with Crippen LogP contribution in [0.2, 0.25) is 0 Å². The molecule has 1 heterocycles. The molecule has 0 bridgehead atoms. The van der Waals surface area contributed by atoms with Gasteiger partial charge in [0.05, 0.1) is 0 Å². The van der Waals surface area contributed by atoms with E-state index in [0.717, 1.165) is 0 Å². The molecule has 10 heteroatoms. The molecule has 2 N–H and O–H groups in total. The largest absolute Gasteiger partial charge is 0.420 e. The standard InChI is InChI=1S/C14H15F6N3O/c1-11(4-13(16,17)5-11)6-23-8(10(21)24)7(14(18,19)20)9(22-23)12(15)2-3-12/h2-6H2,1H3,(H2,21,24). The second-order valence-corrected chi connectivity index (χ2v) is 7.08. The van der Waals surface area contributed by atoms with Gasteiger partial charge >= 0.3 is 6.18 Å². The maximum absolute atomic E-state index is 14.3. The molecule has 4 nitrogen and oxygen atoms in total. The molecule has 134 valence electrons. The van der Waals surface area contributed by atoms with Crippen LogP contribution in [-0.4, -0.2) is 21.6 Å². The lowest BCUT2D eigenvalue weighted by Crippen LogP contribution is -2.47. The minimum Gasteiger partial charge on any atom is -0.364 e. The number of alkyl halides is 6. The second kappa shape index (κ2) is 4.66. The third-order valence-corrected chi connectivity index (χ3v) is 4.48. The summed E-state index contributed by atoms with van der Waals surface area (Å²) in [6.07, 6.45) is -6.39. The number of carbonyl (C=O) groups is 1. The van der Waals surface area contributed by atoms with Gasteiger partial charge in [0.2, 0.25) is 5.92 Å². The van der Waals surface area contributed by atoms with Crippen molar-refractivity contribution in [1.29, 1.82) is 0 Å². The zero-order valence-electron chi connectivity index (χ0n) is 12.7. The number of aromatic nitrogens is 2. The molecule has 0 unspecified atom stereocenters. The topological polar surface area (TPSA) is 60.9 Å². The molecule has 1 aromatic heterocycles. The van der Waals surface area contributed by atoms with E-state index in [1.807, 2.05) is 0 Å². The Morgan fingerprint density at radius 2 is 1.79 bits per heavy atom. The Kier molecular flexibility index (Phi) is 3.32. The highest BCUT2D eigenvalue weighted by Crippen LogP contribution is 2.55. The first-order chi connectivity index (χ1) is 10.8. The molecule has 0 radical (unpaired) electrons. The van der Waals surface area contributed by atoms with Crippen molar-refractivity contribution in [2.24, 2.45) is 11.1 Å². The Morgan fingerprint density at radius 1 is 1.25 bits per heavy atom. The van der Waals surface area contributed by atoms with Crippen LogP contribution in [0.15, 0.2) is 0 Å². The van der Waals surface area contributed by atoms with Crippen LogP contribution >= 0.6 is 0 Å². The lowest BCUT2D eigenvalue weighted by atomic mass is 9.67. The van der Waals surface area contributed by atoms with E-state index in [0.29, 0.717) is 4.68 Å². The van der Waals surface area contributed by atoms with E-state index >= 15 is 0 Å². The smallest absolute Gasteiger partial charge is 0.364 e. The van der Waals surface area contributed by atoms with Crippen molar-refractivity contribution >= 4 is 5.91 Å². The van der Waals surface area contributed by atoms with Crippen LogP contribution in [0.3, 0.4) is 0 Å². The molecule has 2 aliphatic rings. The van der Waals surface area contributed by atoms with E-state index in [1.54, 1.807) is 0 Å². The number of rotatable bonds is 4. The molecule has 1 amide bonds. The van der Waals surface area contributed by atoms with Crippen molar-refractivity contribution in [3.05, 3.63) is 17.0 Å². The Balaban J connectivity index is 2.07.